The highest BCUT2D eigenvalue weighted by atomic mass is 35.5. The molecule has 1 aromatic heterocycles. The van der Waals surface area contributed by atoms with Crippen LogP contribution in [-0.2, 0) is 0 Å². The minimum atomic E-state index is -0.642. The molecular formula is C25H28Cl3FN4O2. The van der Waals surface area contributed by atoms with Gasteiger partial charge in [-0.3, -0.25) is 0 Å². The normalized spacial score (nSPS) is 21.6. The van der Waals surface area contributed by atoms with Crippen LogP contribution in [0.4, 0.5) is 15.9 Å². The van der Waals surface area contributed by atoms with Crippen molar-refractivity contribution in [3.05, 3.63) is 46.5 Å². The number of aromatic nitrogens is 2. The van der Waals surface area contributed by atoms with E-state index in [1.54, 1.807) is 7.11 Å². The van der Waals surface area contributed by atoms with E-state index in [9.17, 15) is 4.39 Å². The number of methoxy groups -OCH3 is 1. The second-order valence-corrected chi connectivity index (χ2v) is 9.90. The molecule has 1 saturated heterocycles. The molecule has 35 heavy (non-hydrogen) atoms. The van der Waals surface area contributed by atoms with Crippen LogP contribution in [0.5, 0.6) is 11.5 Å². The fourth-order valence-electron chi connectivity index (χ4n) is 5.31. The SMILES string of the molecule is CCN1C[C@H]2C[C@@H](COc3cc4ncnc(Nc5ccc(Cl)c(Cl)c5F)c4cc3OC)C[C@H]2C1.Cl. The molecule has 5 rings (SSSR count). The van der Waals surface area contributed by atoms with Crippen molar-refractivity contribution in [2.75, 3.05) is 38.7 Å². The molecule has 2 aromatic carbocycles. The molecule has 3 aromatic rings. The Bertz CT molecular complexity index is 1200. The van der Waals surface area contributed by atoms with Crippen LogP contribution >= 0.6 is 35.6 Å². The molecular weight excluding hydrogens is 514 g/mol. The summed E-state index contributed by atoms with van der Waals surface area (Å²) in [6, 6.07) is 6.71. The number of likely N-dealkylation sites (tertiary alicyclic amines) is 1. The Labute approximate surface area is 220 Å². The number of hydrogen-bond donors (Lipinski definition) is 1. The third kappa shape index (κ3) is 5.24. The van der Waals surface area contributed by atoms with Gasteiger partial charge in [0.1, 0.15) is 12.1 Å². The molecule has 2 heterocycles. The van der Waals surface area contributed by atoms with Crippen molar-refractivity contribution in [3.63, 3.8) is 0 Å². The van der Waals surface area contributed by atoms with Crippen molar-refractivity contribution in [1.82, 2.24) is 14.9 Å². The van der Waals surface area contributed by atoms with Crippen LogP contribution in [0, 0.1) is 23.6 Å². The molecule has 10 heteroatoms. The van der Waals surface area contributed by atoms with Gasteiger partial charge < -0.3 is 19.7 Å². The predicted molar refractivity (Wildman–Crippen MR) is 140 cm³/mol. The molecule has 2 fully saturated rings. The van der Waals surface area contributed by atoms with E-state index in [-0.39, 0.29) is 28.1 Å². The molecule has 0 spiro atoms. The van der Waals surface area contributed by atoms with E-state index in [1.807, 2.05) is 12.1 Å². The van der Waals surface area contributed by atoms with E-state index in [4.69, 9.17) is 32.7 Å². The van der Waals surface area contributed by atoms with Crippen LogP contribution in [0.25, 0.3) is 10.9 Å². The molecule has 1 aliphatic carbocycles. The standard InChI is InChI=1S/C25H27Cl2FN4O2.ClH/c1-3-32-10-15-6-14(7-16(15)11-32)12-34-22-9-20-17(8-21(22)33-2)25(30-13-29-20)31-19-5-4-18(26)23(27)24(19)28;/h4-5,8-9,13-16H,3,6-7,10-12H2,1-2H3,(H,29,30,31);1H/t14-,15-,16+;. The summed E-state index contributed by atoms with van der Waals surface area (Å²) < 4.78 is 26.4. The van der Waals surface area contributed by atoms with Crippen molar-refractivity contribution < 1.29 is 13.9 Å². The van der Waals surface area contributed by atoms with Gasteiger partial charge >= 0.3 is 0 Å². The molecule has 188 valence electrons. The zero-order valence-electron chi connectivity index (χ0n) is 19.6. The molecule has 1 saturated carbocycles. The van der Waals surface area contributed by atoms with Gasteiger partial charge in [0.05, 0.1) is 35.0 Å². The zero-order chi connectivity index (χ0) is 23.8. The maximum absolute atomic E-state index is 14.6. The van der Waals surface area contributed by atoms with Gasteiger partial charge in [-0.2, -0.15) is 0 Å². The van der Waals surface area contributed by atoms with Gasteiger partial charge in [-0.05, 0) is 55.3 Å². The highest BCUT2D eigenvalue weighted by Crippen LogP contribution is 2.42. The fraction of sp³-hybridized carbons (Fsp3) is 0.440. The van der Waals surface area contributed by atoms with E-state index in [1.165, 1.54) is 44.4 Å². The third-order valence-corrected chi connectivity index (χ3v) is 7.84. The van der Waals surface area contributed by atoms with Crippen LogP contribution in [0.3, 0.4) is 0 Å². The zero-order valence-corrected chi connectivity index (χ0v) is 21.9. The molecule has 6 nitrogen and oxygen atoms in total. The number of hydrogen-bond acceptors (Lipinski definition) is 6. The number of nitrogens with one attached hydrogen (secondary N) is 1. The molecule has 0 amide bonds. The van der Waals surface area contributed by atoms with E-state index < -0.39 is 5.82 Å². The number of ether oxygens (including phenoxy) is 2. The summed E-state index contributed by atoms with van der Waals surface area (Å²) in [5.41, 5.74) is 0.831. The first-order valence-electron chi connectivity index (χ1n) is 11.5. The topological polar surface area (TPSA) is 59.5 Å². The van der Waals surface area contributed by atoms with Crippen molar-refractivity contribution in [1.29, 1.82) is 0 Å². The van der Waals surface area contributed by atoms with Crippen LogP contribution in [-0.4, -0.2) is 48.2 Å². The number of anilines is 2. The van der Waals surface area contributed by atoms with Gasteiger partial charge in [0.25, 0.3) is 0 Å². The average molecular weight is 542 g/mol. The lowest BCUT2D eigenvalue weighted by Gasteiger charge is -2.18. The monoisotopic (exact) mass is 540 g/mol. The Balaban J connectivity index is 0.00000289. The van der Waals surface area contributed by atoms with Gasteiger partial charge in [-0.25, -0.2) is 14.4 Å². The van der Waals surface area contributed by atoms with Crippen molar-refractivity contribution in [2.45, 2.75) is 19.8 Å². The molecule has 0 radical (unpaired) electrons. The third-order valence-electron chi connectivity index (χ3n) is 7.05. The molecule has 1 N–H and O–H groups in total. The molecule has 2 aliphatic rings. The van der Waals surface area contributed by atoms with Crippen LogP contribution in [0.15, 0.2) is 30.6 Å². The summed E-state index contributed by atoms with van der Waals surface area (Å²) in [6.45, 7) is 6.45. The lowest BCUT2D eigenvalue weighted by Crippen LogP contribution is -2.22. The van der Waals surface area contributed by atoms with Crippen molar-refractivity contribution in [3.8, 4) is 11.5 Å². The Kier molecular flexibility index (Phi) is 8.11. The maximum Gasteiger partial charge on any atom is 0.166 e. The van der Waals surface area contributed by atoms with Gasteiger partial charge in [-0.1, -0.05) is 30.1 Å². The number of fused-ring (bicyclic) bond motifs is 2. The smallest absolute Gasteiger partial charge is 0.166 e. The lowest BCUT2D eigenvalue weighted by atomic mass is 10.0. The largest absolute Gasteiger partial charge is 0.493 e. The Morgan fingerprint density at radius 2 is 1.86 bits per heavy atom. The number of benzene rings is 2. The van der Waals surface area contributed by atoms with Crippen molar-refractivity contribution in [2.24, 2.45) is 17.8 Å². The van der Waals surface area contributed by atoms with Crippen LogP contribution in [0.2, 0.25) is 10.0 Å². The fourth-order valence-corrected chi connectivity index (χ4v) is 5.62. The van der Waals surface area contributed by atoms with Crippen LogP contribution in [0.1, 0.15) is 19.8 Å². The Morgan fingerprint density at radius 3 is 2.54 bits per heavy atom. The van der Waals surface area contributed by atoms with Crippen LogP contribution < -0.4 is 14.8 Å². The molecule has 1 aliphatic heterocycles. The first-order chi connectivity index (χ1) is 16.5. The van der Waals surface area contributed by atoms with E-state index in [2.05, 4.69) is 27.1 Å². The number of nitrogens with zero attached hydrogens (tertiary/aromatic N) is 3. The van der Waals surface area contributed by atoms with Gasteiger partial charge in [-0.15, -0.1) is 12.4 Å². The first-order valence-corrected chi connectivity index (χ1v) is 12.3. The number of halogens is 4. The molecule has 3 atom stereocenters. The average Bonchev–Trinajstić information content (AvgIpc) is 3.41. The maximum atomic E-state index is 14.6. The quantitative estimate of drug-likeness (QED) is 0.340. The van der Waals surface area contributed by atoms with Gasteiger partial charge in [0.2, 0.25) is 0 Å². The molecule has 0 unspecified atom stereocenters. The molecule has 0 bridgehead atoms. The van der Waals surface area contributed by atoms with Gasteiger partial charge in [0, 0.05) is 24.5 Å². The summed E-state index contributed by atoms with van der Waals surface area (Å²) in [7, 11) is 1.60. The number of rotatable bonds is 7. The summed E-state index contributed by atoms with van der Waals surface area (Å²) >= 11 is 11.9. The lowest BCUT2D eigenvalue weighted by molar-refractivity contribution is 0.223. The summed E-state index contributed by atoms with van der Waals surface area (Å²) in [4.78, 5) is 11.2. The highest BCUT2D eigenvalue weighted by Gasteiger charge is 2.40. The summed E-state index contributed by atoms with van der Waals surface area (Å²) in [6.07, 6.45) is 3.85. The highest BCUT2D eigenvalue weighted by molar-refractivity contribution is 6.42. The second kappa shape index (κ2) is 10.9. The van der Waals surface area contributed by atoms with E-state index in [0.717, 1.165) is 18.4 Å². The minimum absolute atomic E-state index is 0. The summed E-state index contributed by atoms with van der Waals surface area (Å²) in [5.74, 6) is 3.13. The van der Waals surface area contributed by atoms with E-state index >= 15 is 0 Å². The Morgan fingerprint density at radius 1 is 1.11 bits per heavy atom. The summed E-state index contributed by atoms with van der Waals surface area (Å²) in [5, 5.41) is 3.67. The first kappa shape index (κ1) is 26.0. The van der Waals surface area contributed by atoms with Crippen molar-refractivity contribution >= 4 is 58.0 Å². The van der Waals surface area contributed by atoms with Gasteiger partial charge in [0.15, 0.2) is 17.3 Å². The second-order valence-electron chi connectivity index (χ2n) is 9.11. The predicted octanol–water partition coefficient (Wildman–Crippen LogP) is 6.61. The minimum Gasteiger partial charge on any atom is -0.493 e. The van der Waals surface area contributed by atoms with E-state index in [0.29, 0.717) is 40.7 Å². The Hall–Kier alpha value is -2.06.